The molecule has 1 saturated heterocycles. The smallest absolute Gasteiger partial charge is 0.142 e. The van der Waals surface area contributed by atoms with Gasteiger partial charge in [0.2, 0.25) is 0 Å². The molecule has 0 spiro atoms. The van der Waals surface area contributed by atoms with E-state index in [9.17, 15) is 5.11 Å². The third-order valence-corrected chi connectivity index (χ3v) is 2.41. The second-order valence-electron chi connectivity index (χ2n) is 3.41. The number of hydrogen-bond acceptors (Lipinski definition) is 4. The third kappa shape index (κ3) is 1.80. The zero-order chi connectivity index (χ0) is 9.19. The molecule has 70 valence electrons. The molecule has 1 fully saturated rings. The van der Waals surface area contributed by atoms with E-state index < -0.39 is 11.7 Å². The lowest BCUT2D eigenvalue weighted by Gasteiger charge is -2.25. The molecule has 0 aromatic heterocycles. The van der Waals surface area contributed by atoms with E-state index in [0.29, 0.717) is 12.8 Å². The second kappa shape index (κ2) is 3.74. The Morgan fingerprint density at radius 1 is 1.50 bits per heavy atom. The van der Waals surface area contributed by atoms with Crippen LogP contribution in [0.2, 0.25) is 0 Å². The van der Waals surface area contributed by atoms with Crippen molar-refractivity contribution in [3.05, 3.63) is 0 Å². The van der Waals surface area contributed by atoms with Gasteiger partial charge < -0.3 is 20.1 Å². The summed E-state index contributed by atoms with van der Waals surface area (Å²) in [5.41, 5.74) is -0.715. The van der Waals surface area contributed by atoms with Gasteiger partial charge in [0, 0.05) is 19.4 Å². The molecule has 1 heterocycles. The van der Waals surface area contributed by atoms with Crippen LogP contribution in [0.3, 0.4) is 0 Å². The van der Waals surface area contributed by atoms with Crippen molar-refractivity contribution in [2.75, 3.05) is 13.2 Å². The van der Waals surface area contributed by atoms with Crippen LogP contribution >= 0.6 is 0 Å². The number of aliphatic hydroxyl groups excluding tert-OH is 3. The van der Waals surface area contributed by atoms with Crippen molar-refractivity contribution in [1.82, 2.24) is 0 Å². The molecule has 0 aliphatic carbocycles. The number of ether oxygens (including phenoxy) is 1. The molecule has 1 rings (SSSR count). The molecule has 1 aliphatic heterocycles. The van der Waals surface area contributed by atoms with Gasteiger partial charge in [-0.15, -0.1) is 0 Å². The quantitative estimate of drug-likeness (QED) is 0.426. The molecule has 0 amide bonds. The minimum Gasteiger partial charge on any atom is -0.396 e. The van der Waals surface area contributed by atoms with Crippen molar-refractivity contribution in [2.24, 2.45) is 0 Å². The Labute approximate surface area is 72.6 Å². The fraction of sp³-hybridized carbons (Fsp3) is 1.00. The molecule has 1 aliphatic rings. The highest BCUT2D eigenvalue weighted by atomic mass is 16.5. The summed E-state index contributed by atoms with van der Waals surface area (Å²) in [7, 11) is 1.76. The highest BCUT2D eigenvalue weighted by molar-refractivity contribution is 6.11. The first-order chi connectivity index (χ1) is 5.63. The van der Waals surface area contributed by atoms with Gasteiger partial charge in [0.05, 0.1) is 24.3 Å². The Morgan fingerprint density at radius 3 is 2.50 bits per heavy atom. The molecule has 0 aromatic rings. The topological polar surface area (TPSA) is 69.9 Å². The number of aliphatic hydroxyl groups is 3. The van der Waals surface area contributed by atoms with Crippen LogP contribution in [0.5, 0.6) is 0 Å². The summed E-state index contributed by atoms with van der Waals surface area (Å²) in [5, 5.41) is 27.1. The highest BCUT2D eigenvalue weighted by Crippen LogP contribution is 2.31. The Morgan fingerprint density at radius 2 is 2.17 bits per heavy atom. The Bertz CT molecular complexity index is 142. The maximum absolute atomic E-state index is 9.37. The standard InChI is InChI=1S/C7H15BO4/c8-6-5(11)3-7(4-10,12-6)1-2-9/h5-6,9-11H,1-4,8H2/t5-,6-,7+/m1/s1. The third-order valence-electron chi connectivity index (χ3n) is 2.41. The van der Waals surface area contributed by atoms with Gasteiger partial charge in [0.25, 0.3) is 0 Å². The first-order valence-electron chi connectivity index (χ1n) is 4.21. The molecule has 0 radical (unpaired) electrons. The van der Waals surface area contributed by atoms with Crippen molar-refractivity contribution < 1.29 is 20.1 Å². The summed E-state index contributed by atoms with van der Waals surface area (Å²) in [6.45, 7) is -0.172. The number of rotatable bonds is 3. The van der Waals surface area contributed by atoms with Gasteiger partial charge in [-0.25, -0.2) is 0 Å². The van der Waals surface area contributed by atoms with E-state index in [2.05, 4.69) is 0 Å². The largest absolute Gasteiger partial charge is 0.396 e. The summed E-state index contributed by atoms with van der Waals surface area (Å²) in [4.78, 5) is 0. The Hall–Kier alpha value is -0.0951. The molecule has 4 nitrogen and oxygen atoms in total. The molecular formula is C7H15BO4. The highest BCUT2D eigenvalue weighted by Gasteiger charge is 2.42. The average molecular weight is 174 g/mol. The predicted octanol–water partition coefficient (Wildman–Crippen LogP) is -2.16. The van der Waals surface area contributed by atoms with Crippen LogP contribution < -0.4 is 0 Å². The van der Waals surface area contributed by atoms with Crippen molar-refractivity contribution in [3.8, 4) is 0 Å². The van der Waals surface area contributed by atoms with Crippen LogP contribution in [0.1, 0.15) is 12.8 Å². The second-order valence-corrected chi connectivity index (χ2v) is 3.41. The summed E-state index contributed by atoms with van der Waals surface area (Å²) >= 11 is 0. The monoisotopic (exact) mass is 174 g/mol. The van der Waals surface area contributed by atoms with Crippen molar-refractivity contribution in [2.45, 2.75) is 30.5 Å². The van der Waals surface area contributed by atoms with E-state index in [0.717, 1.165) is 0 Å². The summed E-state index contributed by atoms with van der Waals surface area (Å²) < 4.78 is 5.39. The average Bonchev–Trinajstić information content (AvgIpc) is 2.30. The molecule has 0 unspecified atom stereocenters. The van der Waals surface area contributed by atoms with E-state index >= 15 is 0 Å². The first-order valence-corrected chi connectivity index (χ1v) is 4.21. The molecule has 0 bridgehead atoms. The SMILES string of the molecule is B[C@@H]1O[C@@](CO)(CCO)C[C@H]1O. The van der Waals surface area contributed by atoms with E-state index in [1.807, 2.05) is 0 Å². The molecular weight excluding hydrogens is 159 g/mol. The lowest BCUT2D eigenvalue weighted by molar-refractivity contribution is -0.0654. The van der Waals surface area contributed by atoms with Gasteiger partial charge in [0.15, 0.2) is 0 Å². The maximum atomic E-state index is 9.37. The van der Waals surface area contributed by atoms with Crippen LogP contribution in [0.4, 0.5) is 0 Å². The Kier molecular flexibility index (Phi) is 3.12. The summed E-state index contributed by atoms with van der Waals surface area (Å²) in [6, 6.07) is -0.247. The zero-order valence-electron chi connectivity index (χ0n) is 7.23. The van der Waals surface area contributed by atoms with Crippen LogP contribution in [0.15, 0.2) is 0 Å². The summed E-state index contributed by atoms with van der Waals surface area (Å²) in [6.07, 6.45) is 0.263. The normalized spacial score (nSPS) is 41.9. The van der Waals surface area contributed by atoms with Crippen LogP contribution in [0.25, 0.3) is 0 Å². The zero-order valence-corrected chi connectivity index (χ0v) is 7.23. The molecule has 3 N–H and O–H groups in total. The van der Waals surface area contributed by atoms with Crippen LogP contribution in [0, 0.1) is 0 Å². The first kappa shape index (κ1) is 9.99. The predicted molar refractivity (Wildman–Crippen MR) is 45.6 cm³/mol. The van der Waals surface area contributed by atoms with E-state index in [1.165, 1.54) is 0 Å². The van der Waals surface area contributed by atoms with E-state index in [1.54, 1.807) is 7.85 Å². The van der Waals surface area contributed by atoms with Crippen molar-refractivity contribution in [1.29, 1.82) is 0 Å². The number of hydrogen-bond donors (Lipinski definition) is 3. The van der Waals surface area contributed by atoms with E-state index in [4.69, 9.17) is 14.9 Å². The lowest BCUT2D eigenvalue weighted by atomic mass is 9.91. The van der Waals surface area contributed by atoms with Gasteiger partial charge in [-0.05, 0) is 0 Å². The molecule has 3 atom stereocenters. The fourth-order valence-corrected chi connectivity index (χ4v) is 1.61. The minimum atomic E-state index is -0.715. The fourth-order valence-electron chi connectivity index (χ4n) is 1.61. The molecule has 12 heavy (non-hydrogen) atoms. The van der Waals surface area contributed by atoms with Gasteiger partial charge in [-0.3, -0.25) is 0 Å². The Balaban J connectivity index is 2.58. The van der Waals surface area contributed by atoms with E-state index in [-0.39, 0.29) is 19.2 Å². The minimum absolute atomic E-state index is 0.0278. The van der Waals surface area contributed by atoms with Gasteiger partial charge in [0.1, 0.15) is 7.85 Å². The molecule has 0 saturated carbocycles. The van der Waals surface area contributed by atoms with Gasteiger partial charge in [-0.2, -0.15) is 0 Å². The van der Waals surface area contributed by atoms with Crippen molar-refractivity contribution in [3.63, 3.8) is 0 Å². The maximum Gasteiger partial charge on any atom is 0.142 e. The van der Waals surface area contributed by atoms with Crippen LogP contribution in [-0.2, 0) is 4.74 Å². The van der Waals surface area contributed by atoms with Gasteiger partial charge in [-0.1, -0.05) is 0 Å². The molecule has 0 aromatic carbocycles. The lowest BCUT2D eigenvalue weighted by Crippen LogP contribution is -2.34. The molecule has 5 heteroatoms. The van der Waals surface area contributed by atoms with Crippen LogP contribution in [-0.4, -0.2) is 54.1 Å². The van der Waals surface area contributed by atoms with Gasteiger partial charge >= 0.3 is 0 Å². The van der Waals surface area contributed by atoms with Crippen molar-refractivity contribution >= 4 is 7.85 Å². The summed E-state index contributed by atoms with van der Waals surface area (Å²) in [5.74, 6) is 0.